The van der Waals surface area contributed by atoms with E-state index in [-0.39, 0.29) is 11.5 Å². The van der Waals surface area contributed by atoms with Crippen LogP contribution in [0.15, 0.2) is 24.3 Å². The zero-order chi connectivity index (χ0) is 13.3. The maximum atomic E-state index is 13.8. The molecule has 1 amide bonds. The summed E-state index contributed by atoms with van der Waals surface area (Å²) in [4.78, 5) is 14.3. The highest BCUT2D eigenvalue weighted by atomic mass is 19.1. The van der Waals surface area contributed by atoms with Crippen LogP contribution < -0.4 is 0 Å². The Labute approximate surface area is 112 Å². The first-order valence-electron chi connectivity index (χ1n) is 6.93. The van der Waals surface area contributed by atoms with Gasteiger partial charge < -0.3 is 9.64 Å². The van der Waals surface area contributed by atoms with Crippen molar-refractivity contribution in [2.24, 2.45) is 0 Å². The molecule has 1 spiro atoms. The maximum absolute atomic E-state index is 13.8. The lowest BCUT2D eigenvalue weighted by molar-refractivity contribution is -0.0920. The van der Waals surface area contributed by atoms with Gasteiger partial charge in [-0.25, -0.2) is 4.39 Å². The van der Waals surface area contributed by atoms with Crippen molar-refractivity contribution in [3.8, 4) is 0 Å². The van der Waals surface area contributed by atoms with E-state index >= 15 is 0 Å². The summed E-state index contributed by atoms with van der Waals surface area (Å²) >= 11 is 0. The van der Waals surface area contributed by atoms with Crippen LogP contribution in [0, 0.1) is 5.82 Å². The smallest absolute Gasteiger partial charge is 0.259 e. The van der Waals surface area contributed by atoms with Gasteiger partial charge >= 0.3 is 0 Å². The molecule has 0 atom stereocenters. The molecule has 1 aromatic carbocycles. The highest BCUT2D eigenvalue weighted by molar-refractivity contribution is 5.95. The summed E-state index contributed by atoms with van der Waals surface area (Å²) in [6, 6.07) is 6.17. The summed E-state index contributed by atoms with van der Waals surface area (Å²) in [5.74, 6) is -0.692. The van der Waals surface area contributed by atoms with Crippen molar-refractivity contribution < 1.29 is 13.9 Å². The standard InChI is InChI=1S/C15H18FNO2/c16-13-7-3-2-6-12(13)14(18)17-10-11-19-15(17)8-4-1-5-9-15/h2-3,6-7H,1,4-5,8-11H2. The van der Waals surface area contributed by atoms with E-state index in [0.717, 1.165) is 25.7 Å². The lowest BCUT2D eigenvalue weighted by Crippen LogP contribution is -2.49. The minimum atomic E-state index is -0.475. The van der Waals surface area contributed by atoms with Crippen LogP contribution in [0.2, 0.25) is 0 Å². The van der Waals surface area contributed by atoms with Gasteiger partial charge in [0.05, 0.1) is 12.2 Å². The molecule has 2 aliphatic rings. The monoisotopic (exact) mass is 263 g/mol. The third-order valence-corrected chi connectivity index (χ3v) is 4.16. The molecule has 0 bridgehead atoms. The van der Waals surface area contributed by atoms with Crippen molar-refractivity contribution in [3.05, 3.63) is 35.6 Å². The topological polar surface area (TPSA) is 29.5 Å². The van der Waals surface area contributed by atoms with Crippen LogP contribution in [0.1, 0.15) is 42.5 Å². The average molecular weight is 263 g/mol. The average Bonchev–Trinajstić information content (AvgIpc) is 2.82. The summed E-state index contributed by atoms with van der Waals surface area (Å²) in [5, 5.41) is 0. The fourth-order valence-corrected chi connectivity index (χ4v) is 3.19. The molecule has 19 heavy (non-hydrogen) atoms. The molecule has 1 aromatic rings. The van der Waals surface area contributed by atoms with E-state index in [9.17, 15) is 9.18 Å². The molecule has 2 fully saturated rings. The number of hydrogen-bond acceptors (Lipinski definition) is 2. The van der Waals surface area contributed by atoms with Crippen LogP contribution in [0.4, 0.5) is 4.39 Å². The van der Waals surface area contributed by atoms with Crippen LogP contribution >= 0.6 is 0 Å². The molecule has 0 aromatic heterocycles. The summed E-state index contributed by atoms with van der Waals surface area (Å²) < 4.78 is 19.6. The Morgan fingerprint density at radius 3 is 2.68 bits per heavy atom. The minimum absolute atomic E-state index is 0.151. The van der Waals surface area contributed by atoms with Gasteiger partial charge in [0.2, 0.25) is 0 Å². The van der Waals surface area contributed by atoms with Crippen molar-refractivity contribution in [3.63, 3.8) is 0 Å². The van der Waals surface area contributed by atoms with Crippen LogP contribution in [0.3, 0.4) is 0 Å². The Hall–Kier alpha value is -1.42. The molecule has 1 saturated carbocycles. The molecule has 1 aliphatic carbocycles. The third kappa shape index (κ3) is 2.14. The summed E-state index contributed by atoms with van der Waals surface area (Å²) in [7, 11) is 0. The number of halogens is 1. The molecule has 1 aliphatic heterocycles. The highest BCUT2D eigenvalue weighted by Crippen LogP contribution is 2.38. The van der Waals surface area contributed by atoms with E-state index in [1.165, 1.54) is 12.5 Å². The Morgan fingerprint density at radius 1 is 1.21 bits per heavy atom. The zero-order valence-electron chi connectivity index (χ0n) is 10.9. The maximum Gasteiger partial charge on any atom is 0.259 e. The van der Waals surface area contributed by atoms with Crippen LogP contribution in [-0.4, -0.2) is 29.7 Å². The van der Waals surface area contributed by atoms with E-state index in [2.05, 4.69) is 0 Å². The second-order valence-corrected chi connectivity index (χ2v) is 5.29. The van der Waals surface area contributed by atoms with Crippen molar-refractivity contribution in [1.29, 1.82) is 0 Å². The van der Waals surface area contributed by atoms with Crippen molar-refractivity contribution in [1.82, 2.24) is 4.90 Å². The Morgan fingerprint density at radius 2 is 1.95 bits per heavy atom. The van der Waals surface area contributed by atoms with Gasteiger partial charge in [-0.05, 0) is 37.8 Å². The Kier molecular flexibility index (Phi) is 3.27. The highest BCUT2D eigenvalue weighted by Gasteiger charge is 2.45. The quantitative estimate of drug-likeness (QED) is 0.779. The molecule has 1 saturated heterocycles. The predicted molar refractivity (Wildman–Crippen MR) is 69.2 cm³/mol. The van der Waals surface area contributed by atoms with Crippen molar-refractivity contribution in [2.45, 2.75) is 37.8 Å². The van der Waals surface area contributed by atoms with E-state index in [4.69, 9.17) is 4.74 Å². The third-order valence-electron chi connectivity index (χ3n) is 4.16. The largest absolute Gasteiger partial charge is 0.354 e. The van der Waals surface area contributed by atoms with Gasteiger partial charge in [0.1, 0.15) is 11.5 Å². The van der Waals surface area contributed by atoms with E-state index in [0.29, 0.717) is 13.2 Å². The van der Waals surface area contributed by atoms with Gasteiger partial charge in [-0.2, -0.15) is 0 Å². The first-order valence-corrected chi connectivity index (χ1v) is 6.93. The van der Waals surface area contributed by atoms with Gasteiger partial charge in [0, 0.05) is 6.54 Å². The van der Waals surface area contributed by atoms with Gasteiger partial charge in [-0.15, -0.1) is 0 Å². The van der Waals surface area contributed by atoms with Gasteiger partial charge in [-0.3, -0.25) is 4.79 Å². The molecule has 0 N–H and O–H groups in total. The molecule has 4 heteroatoms. The first-order chi connectivity index (χ1) is 9.23. The molecular formula is C15H18FNO2. The van der Waals surface area contributed by atoms with Crippen LogP contribution in [0.5, 0.6) is 0 Å². The number of benzene rings is 1. The molecule has 0 unspecified atom stereocenters. The molecule has 3 nitrogen and oxygen atoms in total. The lowest BCUT2D eigenvalue weighted by Gasteiger charge is -2.40. The minimum Gasteiger partial charge on any atom is -0.354 e. The zero-order valence-corrected chi connectivity index (χ0v) is 10.9. The van der Waals surface area contributed by atoms with Gasteiger partial charge in [0.25, 0.3) is 5.91 Å². The van der Waals surface area contributed by atoms with Gasteiger partial charge in [0.15, 0.2) is 0 Å². The van der Waals surface area contributed by atoms with E-state index < -0.39 is 11.5 Å². The summed E-state index contributed by atoms with van der Waals surface area (Å²) in [6.07, 6.45) is 5.06. The second-order valence-electron chi connectivity index (χ2n) is 5.29. The van der Waals surface area contributed by atoms with Crippen molar-refractivity contribution in [2.75, 3.05) is 13.2 Å². The fourth-order valence-electron chi connectivity index (χ4n) is 3.19. The number of carbonyl (C=O) groups excluding carboxylic acids is 1. The number of ether oxygens (including phenoxy) is 1. The number of amides is 1. The Bertz CT molecular complexity index is 483. The van der Waals surface area contributed by atoms with E-state index in [1.807, 2.05) is 0 Å². The molecule has 3 rings (SSSR count). The summed E-state index contributed by atoms with van der Waals surface area (Å²) in [6.45, 7) is 1.12. The lowest BCUT2D eigenvalue weighted by atomic mass is 9.90. The number of nitrogens with zero attached hydrogens (tertiary/aromatic N) is 1. The fraction of sp³-hybridized carbons (Fsp3) is 0.533. The predicted octanol–water partition coefficient (Wildman–Crippen LogP) is 2.96. The van der Waals surface area contributed by atoms with E-state index in [1.54, 1.807) is 23.1 Å². The molecule has 0 radical (unpaired) electrons. The molecule has 1 heterocycles. The normalized spacial score (nSPS) is 21.8. The molecule has 102 valence electrons. The van der Waals surface area contributed by atoms with Gasteiger partial charge in [-0.1, -0.05) is 18.6 Å². The number of carbonyl (C=O) groups is 1. The SMILES string of the molecule is O=C(c1ccccc1F)N1CCOC12CCCCC2. The number of rotatable bonds is 1. The van der Waals surface area contributed by atoms with Crippen molar-refractivity contribution >= 4 is 5.91 Å². The Balaban J connectivity index is 1.88. The summed E-state index contributed by atoms with van der Waals surface area (Å²) in [5.41, 5.74) is -0.324. The molecular weight excluding hydrogens is 245 g/mol. The first kappa shape index (κ1) is 12.6. The number of hydrogen-bond donors (Lipinski definition) is 0. The van der Waals surface area contributed by atoms with Crippen LogP contribution in [-0.2, 0) is 4.74 Å². The second kappa shape index (κ2) is 4.93. The van der Waals surface area contributed by atoms with Crippen LogP contribution in [0.25, 0.3) is 0 Å².